The van der Waals surface area contributed by atoms with E-state index in [-0.39, 0.29) is 5.91 Å². The first-order valence-corrected chi connectivity index (χ1v) is 5.11. The monoisotopic (exact) mass is 231 g/mol. The van der Waals surface area contributed by atoms with Crippen LogP contribution < -0.4 is 11.1 Å². The van der Waals surface area contributed by atoms with E-state index in [0.717, 1.165) is 0 Å². The van der Waals surface area contributed by atoms with Crippen LogP contribution in [0.3, 0.4) is 0 Å². The van der Waals surface area contributed by atoms with Gasteiger partial charge in [-0.15, -0.1) is 0 Å². The molecule has 2 aromatic heterocycles. The predicted molar refractivity (Wildman–Crippen MR) is 64.5 cm³/mol. The number of hydrogen-bond acceptors (Lipinski definition) is 4. The van der Waals surface area contributed by atoms with Gasteiger partial charge < -0.3 is 11.1 Å². The molecule has 2 rings (SSSR count). The van der Waals surface area contributed by atoms with E-state index in [1.165, 1.54) is 4.68 Å². The first-order valence-electron chi connectivity index (χ1n) is 5.11. The quantitative estimate of drug-likeness (QED) is 0.806. The highest BCUT2D eigenvalue weighted by Gasteiger charge is 2.17. The van der Waals surface area contributed by atoms with Crippen LogP contribution in [0.2, 0.25) is 0 Å². The molecule has 0 aliphatic heterocycles. The van der Waals surface area contributed by atoms with Crippen LogP contribution in [0.5, 0.6) is 0 Å². The molecule has 0 unspecified atom stereocenters. The zero-order chi connectivity index (χ0) is 12.4. The minimum atomic E-state index is -0.315. The fraction of sp³-hybridized carbons (Fsp3) is 0.182. The molecule has 2 heterocycles. The number of pyridine rings is 1. The molecule has 17 heavy (non-hydrogen) atoms. The van der Waals surface area contributed by atoms with Gasteiger partial charge in [-0.25, -0.2) is 4.98 Å². The van der Waals surface area contributed by atoms with Gasteiger partial charge in [0.15, 0.2) is 0 Å². The van der Waals surface area contributed by atoms with Gasteiger partial charge >= 0.3 is 0 Å². The minimum Gasteiger partial charge on any atom is -0.395 e. The molecule has 88 valence electrons. The van der Waals surface area contributed by atoms with Gasteiger partial charge in [0.2, 0.25) is 0 Å². The van der Waals surface area contributed by atoms with Gasteiger partial charge in [0.25, 0.3) is 5.91 Å². The van der Waals surface area contributed by atoms with Crippen LogP contribution in [0.1, 0.15) is 16.2 Å². The Morgan fingerprint density at radius 1 is 1.47 bits per heavy atom. The number of amides is 1. The van der Waals surface area contributed by atoms with Crippen molar-refractivity contribution < 1.29 is 4.79 Å². The summed E-state index contributed by atoms with van der Waals surface area (Å²) in [5.74, 6) is 0.167. The summed E-state index contributed by atoms with van der Waals surface area (Å²) in [5, 5.41) is 6.75. The lowest BCUT2D eigenvalue weighted by molar-refractivity contribution is 0.101. The molecule has 0 saturated heterocycles. The highest BCUT2D eigenvalue weighted by atomic mass is 16.2. The molecule has 2 aromatic rings. The van der Waals surface area contributed by atoms with E-state index in [4.69, 9.17) is 5.73 Å². The standard InChI is InChI=1S/C11H13N5O/c1-7-9(12)10(16(2)15-7)11(17)14-8-5-3-4-6-13-8/h3-6H,12H2,1-2H3,(H,13,14,17). The number of nitrogens with one attached hydrogen (secondary N) is 1. The van der Waals surface area contributed by atoms with E-state index < -0.39 is 0 Å². The van der Waals surface area contributed by atoms with Gasteiger partial charge in [-0.05, 0) is 19.1 Å². The van der Waals surface area contributed by atoms with Crippen molar-refractivity contribution >= 4 is 17.4 Å². The van der Waals surface area contributed by atoms with Crippen LogP contribution in [-0.2, 0) is 7.05 Å². The van der Waals surface area contributed by atoms with E-state index in [2.05, 4.69) is 15.4 Å². The van der Waals surface area contributed by atoms with Gasteiger partial charge in [-0.1, -0.05) is 6.07 Å². The predicted octanol–water partition coefficient (Wildman–Crippen LogP) is 0.958. The van der Waals surface area contributed by atoms with Crippen molar-refractivity contribution in [1.29, 1.82) is 0 Å². The molecule has 0 spiro atoms. The molecular formula is C11H13N5O. The Labute approximate surface area is 98.5 Å². The first kappa shape index (κ1) is 11.1. The van der Waals surface area contributed by atoms with Crippen LogP contribution in [0.15, 0.2) is 24.4 Å². The van der Waals surface area contributed by atoms with Crippen LogP contribution in [-0.4, -0.2) is 20.7 Å². The number of aryl methyl sites for hydroxylation is 2. The van der Waals surface area contributed by atoms with E-state index in [1.807, 2.05) is 0 Å². The van der Waals surface area contributed by atoms with Gasteiger partial charge in [0, 0.05) is 13.2 Å². The van der Waals surface area contributed by atoms with Crippen molar-refractivity contribution in [3.8, 4) is 0 Å². The van der Waals surface area contributed by atoms with E-state index >= 15 is 0 Å². The fourth-order valence-corrected chi connectivity index (χ4v) is 1.56. The summed E-state index contributed by atoms with van der Waals surface area (Å²) in [6.07, 6.45) is 1.60. The lowest BCUT2D eigenvalue weighted by Crippen LogP contribution is -2.18. The van der Waals surface area contributed by atoms with Gasteiger partial charge in [-0.3, -0.25) is 9.48 Å². The second kappa shape index (κ2) is 4.25. The van der Waals surface area contributed by atoms with Crippen molar-refractivity contribution in [2.75, 3.05) is 11.1 Å². The van der Waals surface area contributed by atoms with Crippen molar-refractivity contribution in [2.24, 2.45) is 7.05 Å². The summed E-state index contributed by atoms with van der Waals surface area (Å²) in [6, 6.07) is 5.27. The van der Waals surface area contributed by atoms with Crippen molar-refractivity contribution in [3.05, 3.63) is 35.8 Å². The maximum Gasteiger partial charge on any atom is 0.277 e. The number of anilines is 2. The largest absolute Gasteiger partial charge is 0.395 e. The molecule has 6 heteroatoms. The molecule has 0 atom stereocenters. The SMILES string of the molecule is Cc1nn(C)c(C(=O)Nc2ccccn2)c1N. The van der Waals surface area contributed by atoms with E-state index in [1.54, 1.807) is 38.4 Å². The third-order valence-corrected chi connectivity index (χ3v) is 2.39. The Balaban J connectivity index is 2.27. The Morgan fingerprint density at radius 3 is 2.76 bits per heavy atom. The fourth-order valence-electron chi connectivity index (χ4n) is 1.56. The van der Waals surface area contributed by atoms with Crippen molar-refractivity contribution in [3.63, 3.8) is 0 Å². The van der Waals surface area contributed by atoms with Crippen molar-refractivity contribution in [1.82, 2.24) is 14.8 Å². The number of hydrogen-bond donors (Lipinski definition) is 2. The second-order valence-corrected chi connectivity index (χ2v) is 3.64. The Kier molecular flexibility index (Phi) is 2.78. The second-order valence-electron chi connectivity index (χ2n) is 3.64. The summed E-state index contributed by atoms with van der Waals surface area (Å²) in [7, 11) is 1.68. The molecule has 0 fully saturated rings. The summed E-state index contributed by atoms with van der Waals surface area (Å²) in [6.45, 7) is 1.76. The Bertz CT molecular complexity index is 546. The smallest absolute Gasteiger partial charge is 0.277 e. The van der Waals surface area contributed by atoms with Gasteiger partial charge in [-0.2, -0.15) is 5.10 Å². The number of carbonyl (C=O) groups excluding carboxylic acids is 1. The molecule has 3 N–H and O–H groups in total. The summed E-state index contributed by atoms with van der Waals surface area (Å²) >= 11 is 0. The van der Waals surface area contributed by atoms with Gasteiger partial charge in [0.1, 0.15) is 11.5 Å². The van der Waals surface area contributed by atoms with Crippen LogP contribution >= 0.6 is 0 Å². The molecule has 0 radical (unpaired) electrons. The highest BCUT2D eigenvalue weighted by Crippen LogP contribution is 2.16. The summed E-state index contributed by atoms with van der Waals surface area (Å²) in [4.78, 5) is 16.0. The maximum atomic E-state index is 12.0. The molecule has 0 aliphatic carbocycles. The molecule has 1 amide bonds. The number of aromatic nitrogens is 3. The maximum absolute atomic E-state index is 12.0. The molecular weight excluding hydrogens is 218 g/mol. The molecule has 0 saturated carbocycles. The third kappa shape index (κ3) is 2.10. The molecule has 6 nitrogen and oxygen atoms in total. The lowest BCUT2D eigenvalue weighted by Gasteiger charge is -2.04. The number of nitrogens with zero attached hydrogens (tertiary/aromatic N) is 3. The zero-order valence-electron chi connectivity index (χ0n) is 9.64. The van der Waals surface area contributed by atoms with E-state index in [0.29, 0.717) is 22.9 Å². The average molecular weight is 231 g/mol. The number of nitrogens with two attached hydrogens (primary N) is 1. The molecule has 0 aromatic carbocycles. The third-order valence-electron chi connectivity index (χ3n) is 2.39. The number of nitrogen functional groups attached to an aromatic ring is 1. The summed E-state index contributed by atoms with van der Waals surface area (Å²) < 4.78 is 1.46. The summed E-state index contributed by atoms with van der Waals surface area (Å²) in [5.41, 5.74) is 7.16. The average Bonchev–Trinajstić information content (AvgIpc) is 2.54. The lowest BCUT2D eigenvalue weighted by atomic mass is 10.3. The van der Waals surface area contributed by atoms with E-state index in [9.17, 15) is 4.79 Å². The molecule has 0 aliphatic rings. The normalized spacial score (nSPS) is 10.2. The number of carbonyl (C=O) groups is 1. The Hall–Kier alpha value is -2.37. The Morgan fingerprint density at radius 2 is 2.24 bits per heavy atom. The van der Waals surface area contributed by atoms with Crippen molar-refractivity contribution in [2.45, 2.75) is 6.92 Å². The highest BCUT2D eigenvalue weighted by molar-refractivity contribution is 6.06. The first-order chi connectivity index (χ1) is 8.09. The minimum absolute atomic E-state index is 0.315. The number of rotatable bonds is 2. The topological polar surface area (TPSA) is 85.8 Å². The zero-order valence-corrected chi connectivity index (χ0v) is 9.64. The molecule has 0 bridgehead atoms. The van der Waals surface area contributed by atoms with Crippen LogP contribution in [0, 0.1) is 6.92 Å². The van der Waals surface area contributed by atoms with Crippen LogP contribution in [0.25, 0.3) is 0 Å². The van der Waals surface area contributed by atoms with Crippen LogP contribution in [0.4, 0.5) is 11.5 Å². The van der Waals surface area contributed by atoms with Gasteiger partial charge in [0.05, 0.1) is 11.4 Å².